The monoisotopic (exact) mass is 326 g/mol. The molecule has 0 amide bonds. The second-order valence-corrected chi connectivity index (χ2v) is 5.19. The van der Waals surface area contributed by atoms with E-state index in [2.05, 4.69) is 9.47 Å². The summed E-state index contributed by atoms with van der Waals surface area (Å²) >= 11 is 1.81. The van der Waals surface area contributed by atoms with E-state index in [0.29, 0.717) is 0 Å². The molecule has 0 rings (SSSR count). The number of carboxylic acids is 2. The smallest absolute Gasteiger partial charge is 0.316 e. The molecule has 0 unspecified atom stereocenters. The maximum Gasteiger partial charge on any atom is 0.316 e. The molecule has 0 saturated carbocycles. The Morgan fingerprint density at radius 3 is 1.35 bits per heavy atom. The average molecular weight is 326 g/mol. The first-order valence-electron chi connectivity index (χ1n) is 5.32. The van der Waals surface area contributed by atoms with Gasteiger partial charge >= 0.3 is 23.9 Å². The second-order valence-electron chi connectivity index (χ2n) is 3.21. The van der Waals surface area contributed by atoms with E-state index in [1.54, 1.807) is 0 Å². The van der Waals surface area contributed by atoms with Crippen LogP contribution in [0.4, 0.5) is 0 Å². The number of hydrogen-bond acceptors (Lipinski definition) is 8. The molecule has 0 spiro atoms. The molecule has 0 radical (unpaired) electrons. The van der Waals surface area contributed by atoms with Crippen molar-refractivity contribution in [1.29, 1.82) is 0 Å². The third kappa shape index (κ3) is 13.0. The van der Waals surface area contributed by atoms with Gasteiger partial charge in [0.05, 0.1) is 23.0 Å². The number of carbonyl (C=O) groups is 4. The summed E-state index contributed by atoms with van der Waals surface area (Å²) in [7, 11) is 0. The molecular weight excluding hydrogens is 312 g/mol. The molecular formula is C10H14O8S2. The molecule has 0 aliphatic rings. The summed E-state index contributed by atoms with van der Waals surface area (Å²) in [6, 6.07) is 0. The minimum Gasteiger partial charge on any atom is -0.481 e. The molecule has 0 aromatic carbocycles. The summed E-state index contributed by atoms with van der Waals surface area (Å²) in [4.78, 5) is 42.5. The van der Waals surface area contributed by atoms with Crippen LogP contribution in [0.1, 0.15) is 0 Å². The highest BCUT2D eigenvalue weighted by atomic mass is 32.2. The van der Waals surface area contributed by atoms with Crippen LogP contribution in [0, 0.1) is 0 Å². The minimum absolute atomic E-state index is 0.0886. The maximum atomic E-state index is 11.1. The highest BCUT2D eigenvalue weighted by Gasteiger charge is 2.07. The van der Waals surface area contributed by atoms with Crippen molar-refractivity contribution in [3.63, 3.8) is 0 Å². The van der Waals surface area contributed by atoms with Gasteiger partial charge in [0.1, 0.15) is 13.2 Å². The van der Waals surface area contributed by atoms with E-state index in [9.17, 15) is 19.2 Å². The molecule has 0 heterocycles. The minimum atomic E-state index is -1.02. The zero-order chi connectivity index (χ0) is 15.4. The average Bonchev–Trinajstić information content (AvgIpc) is 2.33. The second kappa shape index (κ2) is 11.4. The summed E-state index contributed by atoms with van der Waals surface area (Å²) in [6.07, 6.45) is 0. The Balaban J connectivity index is 3.46. The molecule has 0 saturated heterocycles. The molecule has 2 N–H and O–H groups in total. The van der Waals surface area contributed by atoms with Crippen molar-refractivity contribution >= 4 is 47.4 Å². The molecule has 0 atom stereocenters. The molecule has 20 heavy (non-hydrogen) atoms. The number of aliphatic carboxylic acids is 2. The quantitative estimate of drug-likeness (QED) is 0.386. The fraction of sp³-hybridized carbons (Fsp3) is 0.600. The van der Waals surface area contributed by atoms with Crippen LogP contribution >= 0.6 is 23.5 Å². The van der Waals surface area contributed by atoms with Gasteiger partial charge in [0.2, 0.25) is 0 Å². The summed E-state index contributed by atoms with van der Waals surface area (Å²) in [5, 5.41) is 16.7. The summed E-state index contributed by atoms with van der Waals surface area (Å²) < 4.78 is 9.37. The number of carboxylic acid groups (broad SMARTS) is 2. The molecule has 8 nitrogen and oxygen atoms in total. The first-order valence-corrected chi connectivity index (χ1v) is 7.63. The van der Waals surface area contributed by atoms with E-state index < -0.39 is 23.9 Å². The van der Waals surface area contributed by atoms with E-state index >= 15 is 0 Å². The lowest BCUT2D eigenvalue weighted by molar-refractivity contribution is -0.148. The van der Waals surface area contributed by atoms with E-state index in [1.165, 1.54) is 0 Å². The van der Waals surface area contributed by atoms with E-state index in [-0.39, 0.29) is 36.2 Å². The molecule has 0 aliphatic heterocycles. The highest BCUT2D eigenvalue weighted by Crippen LogP contribution is 2.01. The predicted molar refractivity (Wildman–Crippen MR) is 71.8 cm³/mol. The molecule has 0 fully saturated rings. The van der Waals surface area contributed by atoms with Gasteiger partial charge in [-0.3, -0.25) is 19.2 Å². The van der Waals surface area contributed by atoms with Crippen LogP contribution in [-0.4, -0.2) is 70.3 Å². The van der Waals surface area contributed by atoms with Crippen molar-refractivity contribution < 1.29 is 38.9 Å². The topological polar surface area (TPSA) is 127 Å². The van der Waals surface area contributed by atoms with Gasteiger partial charge in [0.25, 0.3) is 0 Å². The molecule has 0 bridgehead atoms. The Kier molecular flexibility index (Phi) is 10.6. The largest absolute Gasteiger partial charge is 0.481 e. The first-order chi connectivity index (χ1) is 9.41. The van der Waals surface area contributed by atoms with Crippen LogP contribution in [0.15, 0.2) is 0 Å². The Hall–Kier alpha value is -1.42. The lowest BCUT2D eigenvalue weighted by Crippen LogP contribution is -2.17. The van der Waals surface area contributed by atoms with E-state index in [0.717, 1.165) is 23.5 Å². The van der Waals surface area contributed by atoms with Crippen molar-refractivity contribution in [3.05, 3.63) is 0 Å². The standard InChI is InChI=1S/C10H14O8S2/c11-7(12)3-19-5-9(15)17-1-2-18-10(16)6-20-4-8(13)14/h1-6H2,(H,11,12)(H,13,14). The van der Waals surface area contributed by atoms with Gasteiger partial charge in [0.15, 0.2) is 0 Å². The van der Waals surface area contributed by atoms with Gasteiger partial charge in [-0.15, -0.1) is 23.5 Å². The third-order valence-corrected chi connectivity index (χ3v) is 3.28. The van der Waals surface area contributed by atoms with Crippen LogP contribution in [0.2, 0.25) is 0 Å². The lowest BCUT2D eigenvalue weighted by Gasteiger charge is -2.05. The summed E-state index contributed by atoms with van der Waals surface area (Å²) in [6.45, 7) is -0.246. The first kappa shape index (κ1) is 18.6. The number of carbonyl (C=O) groups excluding carboxylic acids is 2. The van der Waals surface area contributed by atoms with Crippen molar-refractivity contribution in [1.82, 2.24) is 0 Å². The van der Waals surface area contributed by atoms with Gasteiger partial charge in [-0.25, -0.2) is 0 Å². The Bertz CT molecular complexity index is 323. The molecule has 10 heteroatoms. The molecule has 0 aliphatic carbocycles. The summed E-state index contributed by atoms with van der Waals surface area (Å²) in [5.74, 6) is -3.77. The van der Waals surface area contributed by atoms with Crippen LogP contribution in [0.25, 0.3) is 0 Å². The van der Waals surface area contributed by atoms with E-state index in [1.807, 2.05) is 0 Å². The fourth-order valence-electron chi connectivity index (χ4n) is 0.838. The number of esters is 2. The van der Waals surface area contributed by atoms with Gasteiger partial charge in [-0.1, -0.05) is 0 Å². The Morgan fingerprint density at radius 1 is 0.700 bits per heavy atom. The SMILES string of the molecule is O=C(O)CSCC(=O)OCCOC(=O)CSCC(=O)O. The van der Waals surface area contributed by atoms with Crippen molar-refractivity contribution in [2.24, 2.45) is 0 Å². The van der Waals surface area contributed by atoms with Crippen LogP contribution < -0.4 is 0 Å². The van der Waals surface area contributed by atoms with Crippen molar-refractivity contribution in [3.8, 4) is 0 Å². The Morgan fingerprint density at radius 2 is 1.05 bits per heavy atom. The zero-order valence-corrected chi connectivity index (χ0v) is 12.0. The van der Waals surface area contributed by atoms with Crippen LogP contribution in [-0.2, 0) is 28.7 Å². The van der Waals surface area contributed by atoms with Crippen LogP contribution in [0.5, 0.6) is 0 Å². The van der Waals surface area contributed by atoms with Gasteiger partial charge in [0, 0.05) is 0 Å². The predicted octanol–water partition coefficient (Wildman–Crippen LogP) is -0.292. The van der Waals surface area contributed by atoms with Crippen molar-refractivity contribution in [2.45, 2.75) is 0 Å². The number of hydrogen-bond donors (Lipinski definition) is 2. The van der Waals surface area contributed by atoms with Crippen molar-refractivity contribution in [2.75, 3.05) is 36.2 Å². The van der Waals surface area contributed by atoms with Gasteiger partial charge in [-0.05, 0) is 0 Å². The summed E-state index contributed by atoms with van der Waals surface area (Å²) in [5.41, 5.74) is 0. The van der Waals surface area contributed by atoms with Gasteiger partial charge < -0.3 is 19.7 Å². The molecule has 114 valence electrons. The fourth-order valence-corrected chi connectivity index (χ4v) is 1.89. The lowest BCUT2D eigenvalue weighted by atomic mass is 10.7. The maximum absolute atomic E-state index is 11.1. The third-order valence-electron chi connectivity index (χ3n) is 1.50. The highest BCUT2D eigenvalue weighted by molar-refractivity contribution is 8.00. The van der Waals surface area contributed by atoms with E-state index in [4.69, 9.17) is 10.2 Å². The normalized spacial score (nSPS) is 9.80. The zero-order valence-electron chi connectivity index (χ0n) is 10.4. The van der Waals surface area contributed by atoms with Crippen LogP contribution in [0.3, 0.4) is 0 Å². The Labute approximate surface area is 123 Å². The number of ether oxygens (including phenoxy) is 2. The number of thioether (sulfide) groups is 2. The molecule has 0 aromatic heterocycles. The molecule has 0 aromatic rings. The van der Waals surface area contributed by atoms with Gasteiger partial charge in [-0.2, -0.15) is 0 Å². The number of rotatable bonds is 11.